The molecule has 0 radical (unpaired) electrons. The van der Waals surface area contributed by atoms with Crippen LogP contribution in [0, 0.1) is 0 Å². The van der Waals surface area contributed by atoms with E-state index in [0.717, 1.165) is 50.2 Å². The minimum absolute atomic E-state index is 0.261. The average molecular weight is 312 g/mol. The number of rotatable bonds is 6. The number of amides is 1. The van der Waals surface area contributed by atoms with Crippen molar-refractivity contribution in [3.63, 3.8) is 0 Å². The van der Waals surface area contributed by atoms with Crippen molar-refractivity contribution in [2.45, 2.75) is 33.1 Å². The molecule has 0 spiro atoms. The van der Waals surface area contributed by atoms with E-state index < -0.39 is 0 Å². The fourth-order valence-corrected chi connectivity index (χ4v) is 2.79. The van der Waals surface area contributed by atoms with Crippen LogP contribution in [0.25, 0.3) is 5.57 Å². The lowest BCUT2D eigenvalue weighted by Gasteiger charge is -2.36. The summed E-state index contributed by atoms with van der Waals surface area (Å²) in [5.74, 6) is 0.261. The summed E-state index contributed by atoms with van der Waals surface area (Å²) in [4.78, 5) is 16.6. The molecule has 1 saturated heterocycles. The molecule has 0 unspecified atom stereocenters. The Balaban J connectivity index is 1.84. The van der Waals surface area contributed by atoms with Crippen molar-refractivity contribution in [3.8, 4) is 0 Å². The van der Waals surface area contributed by atoms with Crippen LogP contribution in [0.3, 0.4) is 0 Å². The first-order valence-corrected chi connectivity index (χ1v) is 8.46. The second-order valence-electron chi connectivity index (χ2n) is 6.30. The van der Waals surface area contributed by atoms with Crippen molar-refractivity contribution in [2.75, 3.05) is 31.1 Å². The molecule has 0 bridgehead atoms. The molecule has 1 aliphatic heterocycles. The Labute approximate surface area is 140 Å². The molecule has 23 heavy (non-hydrogen) atoms. The maximum atomic E-state index is 12.2. The van der Waals surface area contributed by atoms with Gasteiger partial charge in [-0.25, -0.2) is 0 Å². The zero-order valence-electron chi connectivity index (χ0n) is 14.5. The second-order valence-corrected chi connectivity index (χ2v) is 6.30. The summed E-state index contributed by atoms with van der Waals surface area (Å²) in [5, 5.41) is 0. The van der Waals surface area contributed by atoms with Crippen LogP contribution in [0.2, 0.25) is 0 Å². The summed E-state index contributed by atoms with van der Waals surface area (Å²) in [6.07, 6.45) is 2.37. The predicted octanol–water partition coefficient (Wildman–Crippen LogP) is 4.11. The SMILES string of the molecule is C=C(CC)CCC(=O)N1CCN(c2ccc(C(=C)C)cc2)CC1. The number of anilines is 1. The molecule has 0 atom stereocenters. The van der Waals surface area contributed by atoms with E-state index in [2.05, 4.69) is 49.2 Å². The van der Waals surface area contributed by atoms with E-state index in [1.54, 1.807) is 0 Å². The average Bonchev–Trinajstić information content (AvgIpc) is 2.59. The molecule has 1 aromatic carbocycles. The van der Waals surface area contributed by atoms with Crippen LogP contribution in [-0.4, -0.2) is 37.0 Å². The van der Waals surface area contributed by atoms with Crippen molar-refractivity contribution in [2.24, 2.45) is 0 Å². The molecule has 1 fully saturated rings. The maximum Gasteiger partial charge on any atom is 0.223 e. The Kier molecular flexibility index (Phi) is 6.03. The zero-order valence-corrected chi connectivity index (χ0v) is 14.5. The third-order valence-electron chi connectivity index (χ3n) is 4.55. The van der Waals surface area contributed by atoms with E-state index in [9.17, 15) is 4.79 Å². The summed E-state index contributed by atoms with van der Waals surface area (Å²) in [6, 6.07) is 8.52. The Morgan fingerprint density at radius 3 is 2.17 bits per heavy atom. The highest BCUT2D eigenvalue weighted by atomic mass is 16.2. The number of piperazine rings is 1. The third-order valence-corrected chi connectivity index (χ3v) is 4.55. The van der Waals surface area contributed by atoms with Gasteiger partial charge in [-0.1, -0.05) is 43.4 Å². The lowest BCUT2D eigenvalue weighted by atomic mass is 10.1. The smallest absolute Gasteiger partial charge is 0.223 e. The maximum absolute atomic E-state index is 12.2. The van der Waals surface area contributed by atoms with E-state index >= 15 is 0 Å². The van der Waals surface area contributed by atoms with Crippen LogP contribution in [0.5, 0.6) is 0 Å². The molecule has 2 rings (SSSR count). The van der Waals surface area contributed by atoms with Gasteiger partial charge < -0.3 is 9.80 Å². The highest BCUT2D eigenvalue weighted by molar-refractivity contribution is 5.76. The number of hydrogen-bond donors (Lipinski definition) is 0. The lowest BCUT2D eigenvalue weighted by Crippen LogP contribution is -2.48. The molecule has 1 amide bonds. The van der Waals surface area contributed by atoms with Gasteiger partial charge in [0.25, 0.3) is 0 Å². The lowest BCUT2D eigenvalue weighted by molar-refractivity contribution is -0.131. The quantitative estimate of drug-likeness (QED) is 0.738. The molecule has 124 valence electrons. The fourth-order valence-electron chi connectivity index (χ4n) is 2.79. The second kappa shape index (κ2) is 8.00. The number of benzene rings is 1. The van der Waals surface area contributed by atoms with Gasteiger partial charge in [0, 0.05) is 38.3 Å². The van der Waals surface area contributed by atoms with Crippen LogP contribution >= 0.6 is 0 Å². The summed E-state index contributed by atoms with van der Waals surface area (Å²) < 4.78 is 0. The van der Waals surface area contributed by atoms with Gasteiger partial charge in [0.2, 0.25) is 5.91 Å². The topological polar surface area (TPSA) is 23.6 Å². The van der Waals surface area contributed by atoms with Crippen molar-refractivity contribution >= 4 is 17.2 Å². The molecule has 0 aromatic heterocycles. The van der Waals surface area contributed by atoms with Gasteiger partial charge >= 0.3 is 0 Å². The van der Waals surface area contributed by atoms with Crippen LogP contribution < -0.4 is 4.90 Å². The van der Waals surface area contributed by atoms with Gasteiger partial charge in [-0.2, -0.15) is 0 Å². The van der Waals surface area contributed by atoms with Crippen molar-refractivity contribution in [3.05, 3.63) is 48.6 Å². The van der Waals surface area contributed by atoms with Gasteiger partial charge in [-0.15, -0.1) is 0 Å². The molecule has 0 saturated carbocycles. The number of carbonyl (C=O) groups is 1. The van der Waals surface area contributed by atoms with E-state index in [1.807, 2.05) is 11.8 Å². The molecular weight excluding hydrogens is 284 g/mol. The largest absolute Gasteiger partial charge is 0.368 e. The number of hydrogen-bond acceptors (Lipinski definition) is 2. The Bertz CT molecular complexity index is 566. The molecule has 3 heteroatoms. The number of carbonyl (C=O) groups excluding carboxylic acids is 1. The number of nitrogens with zero attached hydrogens (tertiary/aromatic N) is 2. The molecule has 0 N–H and O–H groups in total. The fraction of sp³-hybridized carbons (Fsp3) is 0.450. The van der Waals surface area contributed by atoms with E-state index in [1.165, 1.54) is 11.3 Å². The third kappa shape index (κ3) is 4.72. The van der Waals surface area contributed by atoms with Crippen molar-refractivity contribution in [1.82, 2.24) is 4.90 Å². The van der Waals surface area contributed by atoms with Gasteiger partial charge in [-0.05, 0) is 37.5 Å². The molecule has 1 heterocycles. The van der Waals surface area contributed by atoms with E-state index in [0.29, 0.717) is 6.42 Å². The highest BCUT2D eigenvalue weighted by Crippen LogP contribution is 2.20. The zero-order chi connectivity index (χ0) is 16.8. The standard InChI is InChI=1S/C20H28N2O/c1-5-17(4)6-11-20(23)22-14-12-21(13-15-22)19-9-7-18(8-10-19)16(2)3/h7-10H,2,4-6,11-15H2,1,3H3. The van der Waals surface area contributed by atoms with Gasteiger partial charge in [-0.3, -0.25) is 4.79 Å². The molecule has 3 nitrogen and oxygen atoms in total. The van der Waals surface area contributed by atoms with Gasteiger partial charge in [0.05, 0.1) is 0 Å². The van der Waals surface area contributed by atoms with Gasteiger partial charge in [0.1, 0.15) is 0 Å². The normalized spacial score (nSPS) is 14.7. The summed E-state index contributed by atoms with van der Waals surface area (Å²) in [5.41, 5.74) is 4.65. The summed E-state index contributed by atoms with van der Waals surface area (Å²) in [6.45, 7) is 15.5. The first kappa shape index (κ1) is 17.3. The first-order chi connectivity index (χ1) is 11.0. The first-order valence-electron chi connectivity index (χ1n) is 8.46. The summed E-state index contributed by atoms with van der Waals surface area (Å²) >= 11 is 0. The van der Waals surface area contributed by atoms with E-state index in [4.69, 9.17) is 0 Å². The van der Waals surface area contributed by atoms with Crippen molar-refractivity contribution < 1.29 is 4.79 Å². The van der Waals surface area contributed by atoms with Gasteiger partial charge in [0.15, 0.2) is 0 Å². The minimum atomic E-state index is 0.261. The van der Waals surface area contributed by atoms with E-state index in [-0.39, 0.29) is 5.91 Å². The van der Waals surface area contributed by atoms with Crippen LogP contribution in [-0.2, 0) is 4.79 Å². The Hall–Kier alpha value is -2.03. The Morgan fingerprint density at radius 2 is 1.65 bits per heavy atom. The molecule has 0 aliphatic carbocycles. The van der Waals surface area contributed by atoms with Crippen LogP contribution in [0.4, 0.5) is 5.69 Å². The molecular formula is C20H28N2O. The van der Waals surface area contributed by atoms with Crippen molar-refractivity contribution in [1.29, 1.82) is 0 Å². The van der Waals surface area contributed by atoms with Crippen LogP contribution in [0.1, 0.15) is 38.7 Å². The number of allylic oxidation sites excluding steroid dienone is 2. The monoisotopic (exact) mass is 312 g/mol. The predicted molar refractivity (Wildman–Crippen MR) is 98.6 cm³/mol. The van der Waals surface area contributed by atoms with Crippen LogP contribution in [0.15, 0.2) is 43.0 Å². The highest BCUT2D eigenvalue weighted by Gasteiger charge is 2.21. The summed E-state index contributed by atoms with van der Waals surface area (Å²) in [7, 11) is 0. The minimum Gasteiger partial charge on any atom is -0.368 e. The molecule has 1 aliphatic rings. The molecule has 1 aromatic rings. The Morgan fingerprint density at radius 1 is 1.04 bits per heavy atom.